The zero-order valence-corrected chi connectivity index (χ0v) is 7.54. The maximum atomic E-state index is 10.9. The van der Waals surface area contributed by atoms with E-state index in [1.807, 2.05) is 5.32 Å². The molecule has 0 aliphatic rings. The van der Waals surface area contributed by atoms with Gasteiger partial charge in [0.25, 0.3) is 0 Å². The average molecular weight is 187 g/mol. The summed E-state index contributed by atoms with van der Waals surface area (Å²) < 4.78 is 4.48. The lowest BCUT2D eigenvalue weighted by Gasteiger charge is -2.02. The summed E-state index contributed by atoms with van der Waals surface area (Å²) in [5, 5.41) is 2.02. The molecule has 1 N–H and O–H groups in total. The van der Waals surface area contributed by atoms with E-state index in [1.54, 1.807) is 6.92 Å². The molecule has 0 aliphatic carbocycles. The van der Waals surface area contributed by atoms with Crippen molar-refractivity contribution in [1.29, 1.82) is 0 Å². The summed E-state index contributed by atoms with van der Waals surface area (Å²) in [4.78, 5) is 31.4. The van der Waals surface area contributed by atoms with Crippen molar-refractivity contribution in [3.8, 4) is 0 Å². The Hall–Kier alpha value is -1.39. The molecule has 0 rings (SSSR count). The molecule has 0 aliphatic heterocycles. The SMILES string of the molecule is CCOC(=O)NC(=O)CCCC=O. The molecule has 0 saturated carbocycles. The van der Waals surface area contributed by atoms with Gasteiger partial charge in [0.15, 0.2) is 0 Å². The van der Waals surface area contributed by atoms with Gasteiger partial charge in [0.1, 0.15) is 6.29 Å². The number of amides is 2. The number of imide groups is 1. The number of nitrogens with one attached hydrogen (secondary N) is 1. The van der Waals surface area contributed by atoms with Gasteiger partial charge in [-0.15, -0.1) is 0 Å². The maximum Gasteiger partial charge on any atom is 0.413 e. The molecule has 0 unspecified atom stereocenters. The lowest BCUT2D eigenvalue weighted by molar-refractivity contribution is -0.120. The van der Waals surface area contributed by atoms with Gasteiger partial charge in [-0.3, -0.25) is 10.1 Å². The van der Waals surface area contributed by atoms with E-state index in [0.29, 0.717) is 12.8 Å². The Bertz CT molecular complexity index is 191. The monoisotopic (exact) mass is 187 g/mol. The molecule has 13 heavy (non-hydrogen) atoms. The summed E-state index contributed by atoms with van der Waals surface area (Å²) in [5.41, 5.74) is 0. The highest BCUT2D eigenvalue weighted by molar-refractivity contribution is 5.91. The molecule has 0 bridgehead atoms. The summed E-state index contributed by atoms with van der Waals surface area (Å²) in [7, 11) is 0. The zero-order valence-electron chi connectivity index (χ0n) is 7.54. The smallest absolute Gasteiger partial charge is 0.413 e. The van der Waals surface area contributed by atoms with Crippen molar-refractivity contribution >= 4 is 18.3 Å². The summed E-state index contributed by atoms with van der Waals surface area (Å²) in [6.45, 7) is 1.88. The Morgan fingerprint density at radius 3 is 2.69 bits per heavy atom. The highest BCUT2D eigenvalue weighted by atomic mass is 16.5. The molecule has 0 aromatic carbocycles. The Kier molecular flexibility index (Phi) is 6.49. The van der Waals surface area contributed by atoms with Crippen LogP contribution in [0.4, 0.5) is 4.79 Å². The molecule has 0 aromatic rings. The van der Waals surface area contributed by atoms with Gasteiger partial charge in [0, 0.05) is 12.8 Å². The topological polar surface area (TPSA) is 72.5 Å². The normalized spacial score (nSPS) is 9.00. The maximum absolute atomic E-state index is 10.9. The molecule has 74 valence electrons. The van der Waals surface area contributed by atoms with E-state index in [2.05, 4.69) is 4.74 Å². The van der Waals surface area contributed by atoms with Crippen LogP contribution in [0, 0.1) is 0 Å². The quantitative estimate of drug-likeness (QED) is 0.506. The molecule has 0 aromatic heterocycles. The number of unbranched alkanes of at least 4 members (excludes halogenated alkanes) is 1. The van der Waals surface area contributed by atoms with Crippen LogP contribution in [0.5, 0.6) is 0 Å². The fraction of sp³-hybridized carbons (Fsp3) is 0.625. The number of rotatable bonds is 5. The van der Waals surface area contributed by atoms with E-state index in [1.165, 1.54) is 0 Å². The van der Waals surface area contributed by atoms with Gasteiger partial charge in [-0.05, 0) is 13.3 Å². The number of ether oxygens (including phenoxy) is 1. The van der Waals surface area contributed by atoms with Crippen LogP contribution in [0.15, 0.2) is 0 Å². The first kappa shape index (κ1) is 11.6. The first-order valence-corrected chi connectivity index (χ1v) is 4.11. The van der Waals surface area contributed by atoms with E-state index < -0.39 is 12.0 Å². The fourth-order valence-electron chi connectivity index (χ4n) is 0.689. The van der Waals surface area contributed by atoms with Crippen molar-refractivity contribution < 1.29 is 19.1 Å². The summed E-state index contributed by atoms with van der Waals surface area (Å²) in [6, 6.07) is 0. The van der Waals surface area contributed by atoms with E-state index in [0.717, 1.165) is 6.29 Å². The van der Waals surface area contributed by atoms with Crippen molar-refractivity contribution in [3.05, 3.63) is 0 Å². The van der Waals surface area contributed by atoms with E-state index in [-0.39, 0.29) is 13.0 Å². The van der Waals surface area contributed by atoms with Crippen molar-refractivity contribution in [2.45, 2.75) is 26.2 Å². The molecule has 2 amide bonds. The van der Waals surface area contributed by atoms with Crippen LogP contribution in [0.2, 0.25) is 0 Å². The Labute approximate surface area is 76.4 Å². The van der Waals surface area contributed by atoms with Crippen LogP contribution in [-0.2, 0) is 14.3 Å². The molecular formula is C8H13NO4. The molecule has 0 fully saturated rings. The number of carbonyl (C=O) groups is 3. The fourth-order valence-corrected chi connectivity index (χ4v) is 0.689. The summed E-state index contributed by atoms with van der Waals surface area (Å²) >= 11 is 0. The van der Waals surface area contributed by atoms with E-state index in [9.17, 15) is 14.4 Å². The zero-order chi connectivity index (χ0) is 10.1. The van der Waals surface area contributed by atoms with Gasteiger partial charge in [-0.25, -0.2) is 4.79 Å². The number of hydrogen-bond donors (Lipinski definition) is 1. The van der Waals surface area contributed by atoms with Gasteiger partial charge in [0.2, 0.25) is 5.91 Å². The van der Waals surface area contributed by atoms with Crippen LogP contribution < -0.4 is 5.32 Å². The van der Waals surface area contributed by atoms with Crippen LogP contribution in [-0.4, -0.2) is 24.9 Å². The molecule has 0 heterocycles. The van der Waals surface area contributed by atoms with Gasteiger partial charge < -0.3 is 9.53 Å². The van der Waals surface area contributed by atoms with Gasteiger partial charge in [-0.2, -0.15) is 0 Å². The first-order valence-electron chi connectivity index (χ1n) is 4.11. The number of hydrogen-bond acceptors (Lipinski definition) is 4. The molecule has 0 spiro atoms. The third-order valence-corrected chi connectivity index (χ3v) is 1.24. The van der Waals surface area contributed by atoms with Crippen LogP contribution in [0.3, 0.4) is 0 Å². The predicted octanol–water partition coefficient (Wildman–Crippen LogP) is 0.628. The van der Waals surface area contributed by atoms with Crippen molar-refractivity contribution in [2.24, 2.45) is 0 Å². The largest absolute Gasteiger partial charge is 0.450 e. The predicted molar refractivity (Wildman–Crippen MR) is 45.1 cm³/mol. The molecule has 0 atom stereocenters. The first-order chi connectivity index (χ1) is 6.20. The molecule has 0 saturated heterocycles. The van der Waals surface area contributed by atoms with Crippen LogP contribution in [0.25, 0.3) is 0 Å². The standard InChI is InChI=1S/C8H13NO4/c1-2-13-8(12)9-7(11)5-3-4-6-10/h6H,2-5H2,1H3,(H,9,11,12). The highest BCUT2D eigenvalue weighted by Gasteiger charge is 2.06. The van der Waals surface area contributed by atoms with E-state index >= 15 is 0 Å². The molecule has 5 nitrogen and oxygen atoms in total. The number of aldehydes is 1. The minimum Gasteiger partial charge on any atom is -0.450 e. The van der Waals surface area contributed by atoms with Crippen LogP contribution >= 0.6 is 0 Å². The second kappa shape index (κ2) is 7.27. The number of carbonyl (C=O) groups excluding carboxylic acids is 3. The Morgan fingerprint density at radius 2 is 2.15 bits per heavy atom. The van der Waals surface area contributed by atoms with Gasteiger partial charge in [0.05, 0.1) is 6.61 Å². The molecule has 5 heteroatoms. The Balaban J connectivity index is 3.49. The van der Waals surface area contributed by atoms with Crippen molar-refractivity contribution in [1.82, 2.24) is 5.32 Å². The average Bonchev–Trinajstić information content (AvgIpc) is 2.05. The lowest BCUT2D eigenvalue weighted by atomic mass is 10.2. The third kappa shape index (κ3) is 6.99. The molecule has 0 radical (unpaired) electrons. The van der Waals surface area contributed by atoms with Crippen molar-refractivity contribution in [2.75, 3.05) is 6.61 Å². The minimum absolute atomic E-state index is 0.164. The van der Waals surface area contributed by atoms with E-state index in [4.69, 9.17) is 0 Å². The number of alkyl carbamates (subject to hydrolysis) is 1. The Morgan fingerprint density at radius 1 is 1.46 bits per heavy atom. The van der Waals surface area contributed by atoms with Crippen LogP contribution in [0.1, 0.15) is 26.2 Å². The lowest BCUT2D eigenvalue weighted by Crippen LogP contribution is -2.30. The van der Waals surface area contributed by atoms with Gasteiger partial charge in [-0.1, -0.05) is 0 Å². The summed E-state index contributed by atoms with van der Waals surface area (Å²) in [5.74, 6) is -0.416. The second-order valence-electron chi connectivity index (χ2n) is 2.33. The minimum atomic E-state index is -0.737. The van der Waals surface area contributed by atoms with Gasteiger partial charge >= 0.3 is 6.09 Å². The second-order valence-corrected chi connectivity index (χ2v) is 2.33. The van der Waals surface area contributed by atoms with Crippen molar-refractivity contribution in [3.63, 3.8) is 0 Å². The highest BCUT2D eigenvalue weighted by Crippen LogP contribution is 1.92. The summed E-state index contributed by atoms with van der Waals surface area (Å²) in [6.07, 6.45) is 0.943. The third-order valence-electron chi connectivity index (χ3n) is 1.24. The molecular weight excluding hydrogens is 174 g/mol.